The summed E-state index contributed by atoms with van der Waals surface area (Å²) in [5, 5.41) is 17.6. The minimum absolute atomic E-state index is 0.00539. The molecule has 21 heteroatoms. The van der Waals surface area contributed by atoms with E-state index < -0.39 is 24.3 Å². The highest BCUT2D eigenvalue weighted by Gasteiger charge is 2.39. The number of aromatic nitrogens is 2. The molecule has 2 aliphatic rings. The van der Waals surface area contributed by atoms with Crippen molar-refractivity contribution in [3.63, 3.8) is 0 Å². The molecule has 4 aromatic rings. The lowest BCUT2D eigenvalue weighted by atomic mass is 9.89. The number of amides is 1. The summed E-state index contributed by atoms with van der Waals surface area (Å²) < 4.78 is 93.0. The minimum Gasteiger partial charge on any atom is -0.496 e. The number of nitrogens with two attached hydrogens (primary N) is 2. The normalized spacial score (nSPS) is 14.4. The Morgan fingerprint density at radius 1 is 0.700 bits per heavy atom. The monoisotopic (exact) mass is 856 g/mol. The standard InChI is InChI=1S/C24H24FN3O3.C11H17N3O.2C2HF3O2/c1-30-22-14-23(26)27-15-21(22)16-10-12-28(13-11-16)24(29)17-2-6-19(7-3-17)31-20-8-4-18(25)5-9-20;1-15-10-6-11(12)14-7-9(10)8-2-4-13-5-3-8;2*3-2(4,5)1(6)7/h2-9,14-16H,10-13H2,1H3,(H2,26,27);6-8,13H,2-5H2,1H3,(H2,12,14);2*(H,6,7). The molecule has 4 heterocycles. The Hall–Kier alpha value is -6.38. The van der Waals surface area contributed by atoms with E-state index in [2.05, 4.69) is 15.3 Å². The van der Waals surface area contributed by atoms with Crippen LogP contribution in [0, 0.1) is 5.82 Å². The first kappa shape index (κ1) is 48.0. The van der Waals surface area contributed by atoms with Crippen molar-refractivity contribution in [1.82, 2.24) is 20.2 Å². The van der Waals surface area contributed by atoms with E-state index in [1.165, 1.54) is 17.7 Å². The first-order valence-electron chi connectivity index (χ1n) is 18.0. The molecular formula is C39H43F7N6O8. The highest BCUT2D eigenvalue weighted by atomic mass is 19.4. The topological polar surface area (TPSA) is 212 Å². The lowest BCUT2D eigenvalue weighted by Crippen LogP contribution is -2.38. The summed E-state index contributed by atoms with van der Waals surface area (Å²) in [6.45, 7) is 3.45. The Balaban J connectivity index is 0.000000272. The molecule has 2 fully saturated rings. The summed E-state index contributed by atoms with van der Waals surface area (Å²) >= 11 is 0. The van der Waals surface area contributed by atoms with Gasteiger partial charge in [0.25, 0.3) is 5.91 Å². The van der Waals surface area contributed by atoms with Gasteiger partial charge in [-0.3, -0.25) is 4.79 Å². The third-order valence-electron chi connectivity index (χ3n) is 8.91. The first-order chi connectivity index (χ1) is 28.2. The number of ether oxygens (including phenoxy) is 3. The molecule has 2 aliphatic heterocycles. The predicted octanol–water partition coefficient (Wildman–Crippen LogP) is 7.03. The number of hydrogen-bond acceptors (Lipinski definition) is 11. The number of anilines is 2. The fourth-order valence-electron chi connectivity index (χ4n) is 5.91. The maximum absolute atomic E-state index is 13.0. The number of alkyl halides is 6. The van der Waals surface area contributed by atoms with Crippen LogP contribution in [0.1, 0.15) is 59.0 Å². The fourth-order valence-corrected chi connectivity index (χ4v) is 5.91. The number of piperidine rings is 2. The van der Waals surface area contributed by atoms with Crippen molar-refractivity contribution < 1.29 is 69.5 Å². The van der Waals surface area contributed by atoms with E-state index in [-0.39, 0.29) is 17.6 Å². The van der Waals surface area contributed by atoms with Gasteiger partial charge in [-0.1, -0.05) is 0 Å². The van der Waals surface area contributed by atoms with E-state index in [9.17, 15) is 35.5 Å². The molecule has 7 N–H and O–H groups in total. The van der Waals surface area contributed by atoms with Crippen molar-refractivity contribution in [1.29, 1.82) is 0 Å². The summed E-state index contributed by atoms with van der Waals surface area (Å²) in [5.41, 5.74) is 14.2. The van der Waals surface area contributed by atoms with Crippen molar-refractivity contribution in [3.05, 3.63) is 95.6 Å². The Bertz CT molecular complexity index is 1980. The van der Waals surface area contributed by atoms with E-state index in [0.29, 0.717) is 47.7 Å². The summed E-state index contributed by atoms with van der Waals surface area (Å²) in [4.78, 5) is 40.9. The number of carbonyl (C=O) groups is 3. The maximum atomic E-state index is 13.0. The third-order valence-corrected chi connectivity index (χ3v) is 8.91. The molecule has 2 aromatic carbocycles. The smallest absolute Gasteiger partial charge is 0.490 e. The summed E-state index contributed by atoms with van der Waals surface area (Å²) in [6.07, 6.45) is -2.59. The molecule has 2 saturated heterocycles. The second-order valence-corrected chi connectivity index (χ2v) is 13.0. The number of nitrogens with zero attached hydrogens (tertiary/aromatic N) is 3. The van der Waals surface area contributed by atoms with E-state index in [1.807, 2.05) is 11.1 Å². The molecule has 0 saturated carbocycles. The van der Waals surface area contributed by atoms with Crippen molar-refractivity contribution in [2.75, 3.05) is 51.9 Å². The van der Waals surface area contributed by atoms with Crippen LogP contribution in [0.4, 0.5) is 42.4 Å². The molecular weight excluding hydrogens is 813 g/mol. The Morgan fingerprint density at radius 3 is 1.47 bits per heavy atom. The molecule has 0 atom stereocenters. The Morgan fingerprint density at radius 2 is 1.08 bits per heavy atom. The number of pyridine rings is 2. The minimum atomic E-state index is -5.08. The summed E-state index contributed by atoms with van der Waals surface area (Å²) in [7, 11) is 3.31. The van der Waals surface area contributed by atoms with Crippen LogP contribution in [-0.4, -0.2) is 95.7 Å². The molecule has 0 radical (unpaired) electrons. The van der Waals surface area contributed by atoms with E-state index in [4.69, 9.17) is 45.5 Å². The number of carboxylic acids is 2. The van der Waals surface area contributed by atoms with Crippen LogP contribution in [0.15, 0.2) is 73.1 Å². The molecule has 2 aromatic heterocycles. The molecule has 0 bridgehead atoms. The SMILES string of the molecule is COc1cc(N)ncc1C1CCN(C(=O)c2ccc(Oc3ccc(F)cc3)cc2)CC1.COc1cc(N)ncc1C1CCNCC1.O=C(O)C(F)(F)F.O=C(O)C(F)(F)F. The Kier molecular flexibility index (Phi) is 17.7. The van der Waals surface area contributed by atoms with Gasteiger partial charge in [0.1, 0.15) is 40.5 Å². The molecule has 6 rings (SSSR count). The van der Waals surface area contributed by atoms with Gasteiger partial charge in [-0.25, -0.2) is 23.9 Å². The van der Waals surface area contributed by atoms with Crippen LogP contribution in [0.2, 0.25) is 0 Å². The van der Waals surface area contributed by atoms with Gasteiger partial charge in [0.2, 0.25) is 0 Å². The van der Waals surface area contributed by atoms with E-state index in [0.717, 1.165) is 55.8 Å². The zero-order valence-corrected chi connectivity index (χ0v) is 32.2. The van der Waals surface area contributed by atoms with E-state index >= 15 is 0 Å². The lowest BCUT2D eigenvalue weighted by Gasteiger charge is -2.32. The van der Waals surface area contributed by atoms with Crippen LogP contribution in [0.25, 0.3) is 0 Å². The number of halogens is 7. The molecule has 326 valence electrons. The second kappa shape index (κ2) is 22.1. The zero-order valence-electron chi connectivity index (χ0n) is 32.2. The van der Waals surface area contributed by atoms with Crippen molar-refractivity contribution in [3.8, 4) is 23.0 Å². The van der Waals surface area contributed by atoms with Gasteiger partial charge in [0.15, 0.2) is 0 Å². The van der Waals surface area contributed by atoms with Gasteiger partial charge in [-0.15, -0.1) is 0 Å². The van der Waals surface area contributed by atoms with Crippen LogP contribution < -0.4 is 31.0 Å². The molecule has 14 nitrogen and oxygen atoms in total. The second-order valence-electron chi connectivity index (χ2n) is 13.0. The van der Waals surface area contributed by atoms with Gasteiger partial charge in [-0.05, 0) is 99.1 Å². The van der Waals surface area contributed by atoms with Gasteiger partial charge in [0.05, 0.1) is 14.2 Å². The molecule has 60 heavy (non-hydrogen) atoms. The number of aliphatic carboxylic acids is 2. The van der Waals surface area contributed by atoms with Gasteiger partial charge < -0.3 is 46.1 Å². The number of carboxylic acid groups (broad SMARTS) is 2. The van der Waals surface area contributed by atoms with Gasteiger partial charge in [-0.2, -0.15) is 26.3 Å². The van der Waals surface area contributed by atoms with Gasteiger partial charge in [0, 0.05) is 54.3 Å². The van der Waals surface area contributed by atoms with Crippen LogP contribution in [0.3, 0.4) is 0 Å². The van der Waals surface area contributed by atoms with Crippen LogP contribution in [-0.2, 0) is 9.59 Å². The van der Waals surface area contributed by atoms with Gasteiger partial charge >= 0.3 is 24.3 Å². The largest absolute Gasteiger partial charge is 0.496 e. The number of benzene rings is 2. The highest BCUT2D eigenvalue weighted by molar-refractivity contribution is 5.94. The number of nitrogens with one attached hydrogen (secondary N) is 1. The Labute approximate surface area is 339 Å². The van der Waals surface area contributed by atoms with Crippen LogP contribution >= 0.6 is 0 Å². The summed E-state index contributed by atoms with van der Waals surface area (Å²) in [6, 6.07) is 16.3. The lowest BCUT2D eigenvalue weighted by molar-refractivity contribution is -0.193. The number of rotatable bonds is 7. The predicted molar refractivity (Wildman–Crippen MR) is 203 cm³/mol. The molecule has 0 spiro atoms. The van der Waals surface area contributed by atoms with Crippen LogP contribution in [0.5, 0.6) is 23.0 Å². The third kappa shape index (κ3) is 15.1. The quantitative estimate of drug-likeness (QED) is 0.118. The van der Waals surface area contributed by atoms with E-state index in [1.54, 1.807) is 68.9 Å². The zero-order chi connectivity index (χ0) is 44.6. The number of likely N-dealkylation sites (tertiary alicyclic amines) is 1. The molecule has 0 unspecified atom stereocenters. The average Bonchev–Trinajstić information content (AvgIpc) is 3.22. The fraction of sp³-hybridized carbons (Fsp3) is 0.359. The number of carbonyl (C=O) groups excluding carboxylic acids is 1. The summed E-state index contributed by atoms with van der Waals surface area (Å²) in [5.74, 6) is -1.32. The first-order valence-corrected chi connectivity index (χ1v) is 18.0. The number of nitrogen functional groups attached to an aromatic ring is 2. The molecule has 0 aliphatic carbocycles. The number of methoxy groups -OCH3 is 2. The molecule has 1 amide bonds. The van der Waals surface area contributed by atoms with Crippen molar-refractivity contribution >= 4 is 29.5 Å². The number of hydrogen-bond donors (Lipinski definition) is 5. The maximum Gasteiger partial charge on any atom is 0.490 e. The van der Waals surface area contributed by atoms with Crippen molar-refractivity contribution in [2.24, 2.45) is 0 Å². The average molecular weight is 857 g/mol. The highest BCUT2D eigenvalue weighted by Crippen LogP contribution is 2.35. The van der Waals surface area contributed by atoms with Crippen molar-refractivity contribution in [2.45, 2.75) is 49.9 Å².